The van der Waals surface area contributed by atoms with Crippen LogP contribution in [-0.4, -0.2) is 46.3 Å². The molecule has 2 N–H and O–H groups in total. The number of hydrogen-bond donors (Lipinski definition) is 2. The zero-order valence-electron chi connectivity index (χ0n) is 15.4. The van der Waals surface area contributed by atoms with Gasteiger partial charge in [-0.15, -0.1) is 0 Å². The highest BCUT2D eigenvalue weighted by Crippen LogP contribution is 2.32. The number of thioether (sulfide) groups is 1. The molecule has 1 aliphatic heterocycles. The fourth-order valence-corrected chi connectivity index (χ4v) is 3.66. The molecule has 2 aromatic carbocycles. The third-order valence-corrected chi connectivity index (χ3v) is 5.16. The summed E-state index contributed by atoms with van der Waals surface area (Å²) < 4.78 is 13.0. The van der Waals surface area contributed by atoms with Gasteiger partial charge in [0.05, 0.1) is 17.6 Å². The van der Waals surface area contributed by atoms with Gasteiger partial charge in [-0.25, -0.2) is 4.39 Å². The maximum Gasteiger partial charge on any atom is 0.294 e. The molecule has 1 heterocycles. The van der Waals surface area contributed by atoms with Gasteiger partial charge in [-0.05, 0) is 47.5 Å². The molecule has 0 aromatic heterocycles. The number of aliphatic hydroxyl groups excluding tert-OH is 1. The number of nitrogens with one attached hydrogen (secondary N) is 1. The monoisotopic (exact) mass is 414 g/mol. The van der Waals surface area contributed by atoms with Crippen LogP contribution in [0.5, 0.6) is 0 Å². The molecule has 0 saturated carbocycles. The van der Waals surface area contributed by atoms with Crippen LogP contribution in [0.1, 0.15) is 11.1 Å². The largest absolute Gasteiger partial charge is 0.394 e. The van der Waals surface area contributed by atoms with Crippen molar-refractivity contribution < 1.29 is 23.9 Å². The van der Waals surface area contributed by atoms with Crippen molar-refractivity contribution in [3.63, 3.8) is 0 Å². The van der Waals surface area contributed by atoms with E-state index in [0.29, 0.717) is 12.0 Å². The summed E-state index contributed by atoms with van der Waals surface area (Å²) in [5, 5.41) is 11.6. The summed E-state index contributed by atoms with van der Waals surface area (Å²) in [5.41, 5.74) is 1.52. The quantitative estimate of drug-likeness (QED) is 0.680. The van der Waals surface area contributed by atoms with E-state index in [1.165, 1.54) is 30.3 Å². The Morgan fingerprint density at radius 3 is 2.48 bits per heavy atom. The zero-order chi connectivity index (χ0) is 20.8. The molecule has 1 fully saturated rings. The van der Waals surface area contributed by atoms with Gasteiger partial charge in [-0.1, -0.05) is 42.5 Å². The molecule has 3 amide bonds. The number of nitrogens with zero attached hydrogens (tertiary/aromatic N) is 1. The average molecular weight is 414 g/mol. The van der Waals surface area contributed by atoms with Crippen molar-refractivity contribution in [2.24, 2.45) is 0 Å². The Morgan fingerprint density at radius 1 is 1.14 bits per heavy atom. The average Bonchev–Trinajstić information content (AvgIpc) is 2.97. The van der Waals surface area contributed by atoms with Gasteiger partial charge in [-0.3, -0.25) is 19.3 Å². The minimum absolute atomic E-state index is 0.164. The molecule has 8 heteroatoms. The lowest BCUT2D eigenvalue weighted by molar-refractivity contribution is -0.129. The van der Waals surface area contributed by atoms with Gasteiger partial charge in [-0.2, -0.15) is 0 Å². The predicted octanol–water partition coefficient (Wildman–Crippen LogP) is 2.58. The van der Waals surface area contributed by atoms with Crippen LogP contribution in [0.2, 0.25) is 0 Å². The van der Waals surface area contributed by atoms with Gasteiger partial charge in [0.1, 0.15) is 12.4 Å². The summed E-state index contributed by atoms with van der Waals surface area (Å²) in [4.78, 5) is 38.0. The number of halogens is 1. The highest BCUT2D eigenvalue weighted by Gasteiger charge is 2.36. The maximum atomic E-state index is 13.0. The lowest BCUT2D eigenvalue weighted by Gasteiger charge is -2.18. The summed E-state index contributed by atoms with van der Waals surface area (Å²) in [6.45, 7) is -0.705. The van der Waals surface area contributed by atoms with Gasteiger partial charge in [0.2, 0.25) is 5.91 Å². The molecule has 1 atom stereocenters. The van der Waals surface area contributed by atoms with E-state index in [0.717, 1.165) is 22.2 Å². The van der Waals surface area contributed by atoms with Crippen LogP contribution >= 0.6 is 11.8 Å². The van der Waals surface area contributed by atoms with Crippen molar-refractivity contribution in [3.8, 4) is 0 Å². The molecule has 0 aliphatic carbocycles. The smallest absolute Gasteiger partial charge is 0.294 e. The first-order valence-corrected chi connectivity index (χ1v) is 9.73. The van der Waals surface area contributed by atoms with Crippen LogP contribution in [-0.2, 0) is 16.0 Å². The van der Waals surface area contributed by atoms with E-state index in [9.17, 15) is 23.9 Å². The number of carbonyl (C=O) groups excluding carboxylic acids is 3. The Bertz CT molecular complexity index is 931. The third-order valence-electron chi connectivity index (χ3n) is 4.25. The van der Waals surface area contributed by atoms with Crippen LogP contribution in [0.25, 0.3) is 6.08 Å². The van der Waals surface area contributed by atoms with Crippen molar-refractivity contribution in [1.29, 1.82) is 0 Å². The van der Waals surface area contributed by atoms with Crippen LogP contribution in [0, 0.1) is 5.82 Å². The van der Waals surface area contributed by atoms with Gasteiger partial charge < -0.3 is 10.4 Å². The number of carbonyl (C=O) groups is 3. The Labute approximate surface area is 171 Å². The van der Waals surface area contributed by atoms with Gasteiger partial charge in [0.25, 0.3) is 11.1 Å². The second-order valence-corrected chi connectivity index (χ2v) is 7.45. The number of amides is 3. The fourth-order valence-electron chi connectivity index (χ4n) is 2.82. The number of hydrogen-bond acceptors (Lipinski definition) is 5. The molecule has 3 rings (SSSR count). The molecule has 6 nitrogen and oxygen atoms in total. The van der Waals surface area contributed by atoms with Crippen LogP contribution in [0.3, 0.4) is 0 Å². The summed E-state index contributed by atoms with van der Waals surface area (Å²) in [6.07, 6.45) is 1.91. The Kier molecular flexibility index (Phi) is 6.79. The van der Waals surface area contributed by atoms with E-state index >= 15 is 0 Å². The van der Waals surface area contributed by atoms with E-state index in [4.69, 9.17) is 0 Å². The van der Waals surface area contributed by atoms with E-state index in [1.54, 1.807) is 0 Å². The van der Waals surface area contributed by atoms with Crippen molar-refractivity contribution in [2.45, 2.75) is 12.5 Å². The second kappa shape index (κ2) is 9.49. The normalized spacial score (nSPS) is 16.3. The van der Waals surface area contributed by atoms with Gasteiger partial charge >= 0.3 is 0 Å². The molecule has 1 saturated heterocycles. The highest BCUT2D eigenvalue weighted by molar-refractivity contribution is 8.18. The van der Waals surface area contributed by atoms with E-state index in [-0.39, 0.29) is 11.5 Å². The number of benzene rings is 2. The highest BCUT2D eigenvalue weighted by atomic mass is 32.2. The van der Waals surface area contributed by atoms with Crippen molar-refractivity contribution in [1.82, 2.24) is 10.2 Å². The summed E-state index contributed by atoms with van der Waals surface area (Å²) in [5.74, 6) is -1.52. The SMILES string of the molecule is O=C(CN1C(=O)S/C(=C\c2ccc(F)cc2)C1=O)N[C@H](CO)Cc1ccccc1. The predicted molar refractivity (Wildman–Crippen MR) is 108 cm³/mol. The molecule has 0 bridgehead atoms. The van der Waals surface area contributed by atoms with Crippen molar-refractivity contribution >= 4 is 34.9 Å². The minimum atomic E-state index is -0.580. The maximum absolute atomic E-state index is 13.0. The summed E-state index contributed by atoms with van der Waals surface area (Å²) >= 11 is 0.725. The van der Waals surface area contributed by atoms with Crippen LogP contribution in [0.15, 0.2) is 59.5 Å². The lowest BCUT2D eigenvalue weighted by atomic mass is 10.1. The Balaban J connectivity index is 1.61. The van der Waals surface area contributed by atoms with E-state index < -0.39 is 35.5 Å². The number of rotatable bonds is 7. The molecule has 150 valence electrons. The standard InChI is InChI=1S/C21H19FN2O4S/c22-16-8-6-15(7-9-16)11-18-20(27)24(21(28)29-18)12-19(26)23-17(13-25)10-14-4-2-1-3-5-14/h1-9,11,17,25H,10,12-13H2,(H,23,26)/b18-11-/t17-/m0/s1. The van der Waals surface area contributed by atoms with Crippen molar-refractivity contribution in [3.05, 3.63) is 76.4 Å². The molecule has 0 spiro atoms. The first kappa shape index (κ1) is 20.8. The summed E-state index contributed by atoms with van der Waals surface area (Å²) in [6, 6.07) is 14.3. The van der Waals surface area contributed by atoms with Gasteiger partial charge in [0, 0.05) is 0 Å². The van der Waals surface area contributed by atoms with Crippen molar-refractivity contribution in [2.75, 3.05) is 13.2 Å². The minimum Gasteiger partial charge on any atom is -0.394 e. The lowest BCUT2D eigenvalue weighted by Crippen LogP contribution is -2.45. The molecule has 0 radical (unpaired) electrons. The third kappa shape index (κ3) is 5.52. The molecule has 29 heavy (non-hydrogen) atoms. The number of imide groups is 1. The molecule has 0 unspecified atom stereocenters. The van der Waals surface area contributed by atoms with Gasteiger partial charge in [0.15, 0.2) is 0 Å². The van der Waals surface area contributed by atoms with Crippen LogP contribution < -0.4 is 5.32 Å². The second-order valence-electron chi connectivity index (χ2n) is 6.46. The van der Waals surface area contributed by atoms with E-state index in [1.807, 2.05) is 30.3 Å². The topological polar surface area (TPSA) is 86.7 Å². The fraction of sp³-hybridized carbons (Fsp3) is 0.190. The molecular formula is C21H19FN2O4S. The van der Waals surface area contributed by atoms with E-state index in [2.05, 4.69) is 5.32 Å². The number of aliphatic hydroxyl groups is 1. The molecular weight excluding hydrogens is 395 g/mol. The van der Waals surface area contributed by atoms with Crippen LogP contribution in [0.4, 0.5) is 9.18 Å². The molecule has 1 aliphatic rings. The first-order chi connectivity index (χ1) is 14.0. The Morgan fingerprint density at radius 2 is 1.83 bits per heavy atom. The Hall–Kier alpha value is -2.97. The first-order valence-electron chi connectivity index (χ1n) is 8.91. The summed E-state index contributed by atoms with van der Waals surface area (Å²) in [7, 11) is 0. The molecule has 2 aromatic rings. The zero-order valence-corrected chi connectivity index (χ0v) is 16.2.